The molecule has 0 saturated heterocycles. The molecule has 0 aliphatic heterocycles. The summed E-state index contributed by atoms with van der Waals surface area (Å²) in [6, 6.07) is 9.85. The Balaban J connectivity index is 2.61. The molecule has 0 spiro atoms. The number of ether oxygens (including phenoxy) is 1. The van der Waals surface area contributed by atoms with Crippen LogP contribution in [0.5, 0.6) is 5.75 Å². The fourth-order valence-electron chi connectivity index (χ4n) is 0.600. The summed E-state index contributed by atoms with van der Waals surface area (Å²) in [7, 11) is 0. The van der Waals surface area contributed by atoms with E-state index in [0.717, 1.165) is 10.4 Å². The third kappa shape index (κ3) is 2.26. The van der Waals surface area contributed by atoms with E-state index < -0.39 is 0 Å². The van der Waals surface area contributed by atoms with E-state index in [0.29, 0.717) is 0 Å². The van der Waals surface area contributed by atoms with E-state index in [1.165, 1.54) is 22.5 Å². The van der Waals surface area contributed by atoms with Crippen molar-refractivity contribution < 1.29 is 4.74 Å². The van der Waals surface area contributed by atoms with Crippen molar-refractivity contribution >= 4 is 22.5 Å². The molecule has 1 aromatic rings. The number of rotatable bonds is 2. The SMILES string of the molecule is [Sn][CH2]Oc1ccccc1. The summed E-state index contributed by atoms with van der Waals surface area (Å²) in [5.74, 6) is 0.967. The minimum atomic E-state index is 0.830. The zero-order chi connectivity index (χ0) is 6.53. The molecule has 0 aliphatic carbocycles. The van der Waals surface area contributed by atoms with Gasteiger partial charge < -0.3 is 0 Å². The van der Waals surface area contributed by atoms with Crippen molar-refractivity contribution in [2.24, 2.45) is 0 Å². The molecular formula is C7H7OSn. The predicted molar refractivity (Wildman–Crippen MR) is 37.7 cm³/mol. The average molecular weight is 226 g/mol. The Morgan fingerprint density at radius 1 is 1.22 bits per heavy atom. The summed E-state index contributed by atoms with van der Waals surface area (Å²) in [6.45, 7) is 0. The van der Waals surface area contributed by atoms with Crippen LogP contribution in [0.2, 0.25) is 0 Å². The van der Waals surface area contributed by atoms with Gasteiger partial charge in [-0.2, -0.15) is 0 Å². The first-order valence-electron chi connectivity index (χ1n) is 2.76. The Morgan fingerprint density at radius 3 is 2.44 bits per heavy atom. The topological polar surface area (TPSA) is 9.23 Å². The standard InChI is InChI=1S/C7H7O.Sn/c1-8-7-5-3-2-4-6-7;/h2-6H,1H2;. The monoisotopic (exact) mass is 227 g/mol. The molecule has 0 unspecified atom stereocenters. The second-order valence-corrected chi connectivity index (χ2v) is 2.43. The summed E-state index contributed by atoms with van der Waals surface area (Å²) in [4.78, 5) is 0. The number of hydrogen-bond acceptors (Lipinski definition) is 1. The maximum atomic E-state index is 5.25. The molecule has 0 amide bonds. The summed E-state index contributed by atoms with van der Waals surface area (Å²) in [5, 5.41) is 0. The van der Waals surface area contributed by atoms with Crippen LogP contribution in [0.1, 0.15) is 0 Å². The van der Waals surface area contributed by atoms with Gasteiger partial charge in [0.05, 0.1) is 0 Å². The molecule has 2 heteroatoms. The van der Waals surface area contributed by atoms with Gasteiger partial charge in [0.25, 0.3) is 0 Å². The molecule has 0 saturated carbocycles. The second kappa shape index (κ2) is 3.77. The molecule has 0 aromatic heterocycles. The normalized spacial score (nSPS) is 9.00. The Hall–Kier alpha value is -0.181. The molecule has 0 N–H and O–H groups in total. The van der Waals surface area contributed by atoms with Crippen LogP contribution in [0, 0.1) is 0 Å². The van der Waals surface area contributed by atoms with Gasteiger partial charge in [0, 0.05) is 0 Å². The first kappa shape index (κ1) is 6.93. The van der Waals surface area contributed by atoms with Crippen molar-refractivity contribution in [1.82, 2.24) is 0 Å². The summed E-state index contributed by atoms with van der Waals surface area (Å²) in [6.07, 6.45) is 0. The Kier molecular flexibility index (Phi) is 2.90. The van der Waals surface area contributed by atoms with Gasteiger partial charge in [0.1, 0.15) is 0 Å². The van der Waals surface area contributed by atoms with Gasteiger partial charge in [-0.3, -0.25) is 0 Å². The summed E-state index contributed by atoms with van der Waals surface area (Å²) < 4.78 is 6.08. The third-order valence-corrected chi connectivity index (χ3v) is 1.39. The quantitative estimate of drug-likeness (QED) is 0.688. The number of benzene rings is 1. The summed E-state index contributed by atoms with van der Waals surface area (Å²) >= 11 is 1.41. The van der Waals surface area contributed by atoms with Gasteiger partial charge in [0.2, 0.25) is 0 Å². The maximum absolute atomic E-state index is 5.25. The Labute approximate surface area is 68.1 Å². The first-order valence-corrected chi connectivity index (χ1v) is 4.78. The van der Waals surface area contributed by atoms with E-state index in [-0.39, 0.29) is 0 Å². The molecule has 3 radical (unpaired) electrons. The summed E-state index contributed by atoms with van der Waals surface area (Å²) in [5.41, 5.74) is 0. The zero-order valence-electron chi connectivity index (χ0n) is 5.00. The first-order chi connectivity index (χ1) is 4.43. The molecule has 0 bridgehead atoms. The molecule has 1 nitrogen and oxygen atoms in total. The van der Waals surface area contributed by atoms with Crippen LogP contribution >= 0.6 is 0 Å². The molecule has 0 atom stereocenters. The third-order valence-electron chi connectivity index (χ3n) is 0.982. The van der Waals surface area contributed by atoms with Gasteiger partial charge >= 0.3 is 68.0 Å². The van der Waals surface area contributed by atoms with E-state index in [4.69, 9.17) is 4.74 Å². The second-order valence-electron chi connectivity index (χ2n) is 1.60. The van der Waals surface area contributed by atoms with E-state index in [2.05, 4.69) is 0 Å². The van der Waals surface area contributed by atoms with Gasteiger partial charge in [0.15, 0.2) is 0 Å². The van der Waals surface area contributed by atoms with Crippen LogP contribution in [-0.4, -0.2) is 27.1 Å². The van der Waals surface area contributed by atoms with Crippen LogP contribution in [0.4, 0.5) is 0 Å². The van der Waals surface area contributed by atoms with Gasteiger partial charge in [-0.15, -0.1) is 0 Å². The Morgan fingerprint density at radius 2 is 1.89 bits per heavy atom. The molecule has 9 heavy (non-hydrogen) atoms. The number of para-hydroxylation sites is 1. The molecule has 1 rings (SSSR count). The predicted octanol–water partition coefficient (Wildman–Crippen LogP) is 1.19. The minimum absolute atomic E-state index is 0.830. The van der Waals surface area contributed by atoms with Gasteiger partial charge in [-0.05, 0) is 0 Å². The van der Waals surface area contributed by atoms with Crippen molar-refractivity contribution in [1.29, 1.82) is 0 Å². The molecular weight excluding hydrogens is 219 g/mol. The molecule has 0 fully saturated rings. The zero-order valence-corrected chi connectivity index (χ0v) is 7.86. The van der Waals surface area contributed by atoms with E-state index in [1.54, 1.807) is 0 Å². The van der Waals surface area contributed by atoms with Crippen LogP contribution in [0.3, 0.4) is 0 Å². The van der Waals surface area contributed by atoms with E-state index >= 15 is 0 Å². The number of hydrogen-bond donors (Lipinski definition) is 0. The van der Waals surface area contributed by atoms with Crippen LogP contribution < -0.4 is 4.74 Å². The fourth-order valence-corrected chi connectivity index (χ4v) is 1.08. The van der Waals surface area contributed by atoms with Crippen molar-refractivity contribution in [3.8, 4) is 5.75 Å². The molecule has 0 heterocycles. The van der Waals surface area contributed by atoms with Crippen LogP contribution in [-0.2, 0) is 0 Å². The fraction of sp³-hybridized carbons (Fsp3) is 0.143. The van der Waals surface area contributed by atoms with Crippen molar-refractivity contribution in [2.75, 3.05) is 4.62 Å². The van der Waals surface area contributed by atoms with Crippen molar-refractivity contribution in [3.05, 3.63) is 30.3 Å². The van der Waals surface area contributed by atoms with Crippen LogP contribution in [0.25, 0.3) is 0 Å². The van der Waals surface area contributed by atoms with E-state index in [9.17, 15) is 0 Å². The van der Waals surface area contributed by atoms with Gasteiger partial charge in [-0.1, -0.05) is 0 Å². The van der Waals surface area contributed by atoms with Crippen molar-refractivity contribution in [3.63, 3.8) is 0 Å². The Bertz CT molecular complexity index is 162. The average Bonchev–Trinajstić information content (AvgIpc) is 1.91. The van der Waals surface area contributed by atoms with Crippen molar-refractivity contribution in [2.45, 2.75) is 0 Å². The molecule has 1 aromatic carbocycles. The molecule has 0 aliphatic rings. The van der Waals surface area contributed by atoms with Crippen LogP contribution in [0.15, 0.2) is 30.3 Å². The molecule has 45 valence electrons. The van der Waals surface area contributed by atoms with E-state index in [1.807, 2.05) is 30.3 Å². The van der Waals surface area contributed by atoms with Gasteiger partial charge in [-0.25, -0.2) is 0 Å².